The topological polar surface area (TPSA) is 207 Å². The third-order valence-electron chi connectivity index (χ3n) is 9.12. The van der Waals surface area contributed by atoms with Gasteiger partial charge in [0, 0.05) is 57.0 Å². The Morgan fingerprint density at radius 3 is 2.57 bits per heavy atom. The van der Waals surface area contributed by atoms with Crippen LogP contribution in [0.1, 0.15) is 57.3 Å². The number of carbonyl (C=O) groups excluding carboxylic acids is 3. The molecule has 3 aliphatic rings. The van der Waals surface area contributed by atoms with Gasteiger partial charge in [0.05, 0.1) is 42.6 Å². The summed E-state index contributed by atoms with van der Waals surface area (Å²) in [5.41, 5.74) is -3.69. The number of amides is 3. The highest BCUT2D eigenvalue weighted by Gasteiger charge is 2.55. The van der Waals surface area contributed by atoms with E-state index < -0.39 is 89.9 Å². The lowest BCUT2D eigenvalue weighted by Gasteiger charge is -2.49. The Labute approximate surface area is 292 Å². The molecule has 15 nitrogen and oxygen atoms in total. The Morgan fingerprint density at radius 2 is 1.92 bits per heavy atom. The van der Waals surface area contributed by atoms with Crippen molar-refractivity contribution in [1.29, 1.82) is 0 Å². The second-order valence-electron chi connectivity index (χ2n) is 13.9. The maximum absolute atomic E-state index is 14.2. The Kier molecular flexibility index (Phi) is 12.3. The van der Waals surface area contributed by atoms with E-state index in [1.54, 1.807) is 25.7 Å². The van der Waals surface area contributed by atoms with E-state index in [1.165, 1.54) is 19.1 Å². The summed E-state index contributed by atoms with van der Waals surface area (Å²) in [5, 5.41) is 48.6. The molecule has 6 N–H and O–H groups in total. The van der Waals surface area contributed by atoms with Gasteiger partial charge in [0.1, 0.15) is 23.6 Å². The molecule has 3 saturated heterocycles. The number of ether oxygens (including phenoxy) is 3. The van der Waals surface area contributed by atoms with Crippen molar-refractivity contribution >= 4 is 39.8 Å². The van der Waals surface area contributed by atoms with Crippen molar-refractivity contribution < 1.29 is 58.2 Å². The largest absolute Gasteiger partial charge is 0.479 e. The number of hydrogen-bond acceptors (Lipinski definition) is 11. The number of carboxylic acids is 1. The zero-order chi connectivity index (χ0) is 36.3. The Hall–Kier alpha value is -2.93. The molecule has 4 rings (SSSR count). The van der Waals surface area contributed by atoms with Gasteiger partial charge >= 0.3 is 12.1 Å². The number of carboxylic acid groups (broad SMARTS) is 1. The molecular formula is C32H46BrFN4O11. The van der Waals surface area contributed by atoms with Gasteiger partial charge in [-0.25, -0.2) is 14.0 Å². The predicted octanol–water partition coefficient (Wildman–Crippen LogP) is 0.620. The number of nitrogens with zero attached hydrogens (tertiary/aromatic N) is 2. The fraction of sp³-hybridized carbons (Fsp3) is 0.688. The summed E-state index contributed by atoms with van der Waals surface area (Å²) >= 11 is 3.16. The van der Waals surface area contributed by atoms with Gasteiger partial charge in [-0.05, 0) is 45.4 Å². The van der Waals surface area contributed by atoms with E-state index in [1.807, 2.05) is 4.90 Å². The summed E-state index contributed by atoms with van der Waals surface area (Å²) in [6, 6.07) is 2.40. The van der Waals surface area contributed by atoms with Crippen LogP contribution in [0.2, 0.25) is 0 Å². The highest BCUT2D eigenvalue weighted by Crippen LogP contribution is 2.38. The molecule has 0 saturated carbocycles. The normalized spacial score (nSPS) is 28.9. The van der Waals surface area contributed by atoms with Crippen LogP contribution in [0.3, 0.4) is 0 Å². The molecule has 1 aromatic rings. The van der Waals surface area contributed by atoms with E-state index in [9.17, 15) is 44.0 Å². The summed E-state index contributed by atoms with van der Waals surface area (Å²) in [5.74, 6) is -3.73. The van der Waals surface area contributed by atoms with Crippen LogP contribution in [-0.4, -0.2) is 147 Å². The predicted molar refractivity (Wildman–Crippen MR) is 174 cm³/mol. The molecule has 49 heavy (non-hydrogen) atoms. The van der Waals surface area contributed by atoms with Gasteiger partial charge < -0.3 is 50.2 Å². The smallest absolute Gasteiger partial charge is 0.410 e. The number of morpholine rings is 1. The Morgan fingerprint density at radius 1 is 1.20 bits per heavy atom. The number of benzene rings is 1. The lowest BCUT2D eigenvalue weighted by Crippen LogP contribution is -2.68. The molecule has 0 bridgehead atoms. The standard InChI is InChI=1S/C32H46BrFN4O11/c1-18(39)36-24-22(40)14-32(28(44)45,48-26(24)25(42)23(41)15-35-27(43)20-13-19(33)5-6-21(20)34)8-10-38-11-12-47-17-31(38)7-9-37(16-31)29(46)49-30(2,3)4/h5-6,13,22-26,40-42H,7-12,14-17H2,1-4H3,(H,35,43)(H,36,39)(H,44,45)/t22-,23+,24+,25+,26+,31-,32+/m0/s1. The van der Waals surface area contributed by atoms with E-state index in [0.29, 0.717) is 43.7 Å². The molecule has 0 radical (unpaired) electrons. The van der Waals surface area contributed by atoms with Crippen LogP contribution in [0.25, 0.3) is 0 Å². The van der Waals surface area contributed by atoms with E-state index in [-0.39, 0.29) is 18.5 Å². The number of halogens is 2. The second kappa shape index (κ2) is 15.5. The molecule has 0 aromatic heterocycles. The fourth-order valence-electron chi connectivity index (χ4n) is 6.61. The molecule has 3 amide bonds. The first-order valence-electron chi connectivity index (χ1n) is 16.1. The molecule has 3 heterocycles. The molecule has 17 heteroatoms. The molecule has 1 aromatic carbocycles. The first kappa shape index (κ1) is 38.9. The average Bonchev–Trinajstić information content (AvgIpc) is 3.44. The highest BCUT2D eigenvalue weighted by atomic mass is 79.9. The number of aliphatic hydroxyl groups excluding tert-OH is 3. The van der Waals surface area contributed by atoms with Crippen LogP contribution < -0.4 is 10.6 Å². The third-order valence-corrected chi connectivity index (χ3v) is 9.61. The van der Waals surface area contributed by atoms with Crippen LogP contribution in [0.5, 0.6) is 0 Å². The first-order chi connectivity index (χ1) is 22.9. The van der Waals surface area contributed by atoms with Crippen molar-refractivity contribution in [2.75, 3.05) is 45.9 Å². The van der Waals surface area contributed by atoms with Crippen LogP contribution in [-0.2, 0) is 23.8 Å². The van der Waals surface area contributed by atoms with E-state index in [4.69, 9.17) is 14.2 Å². The SMILES string of the molecule is CC(=O)N[C@H]1[C@H]([C@H](O)[C@H](O)CNC(=O)c2cc(Br)ccc2F)O[C@@](CCN2CCOC[C@@]23CCN(C(=O)OC(C)(C)C)C3)(C(=O)O)C[C@@H]1O. The average molecular weight is 762 g/mol. The number of likely N-dealkylation sites (tertiary alicyclic amines) is 1. The molecule has 1 spiro atoms. The molecule has 7 atom stereocenters. The minimum atomic E-state index is -2.06. The minimum Gasteiger partial charge on any atom is -0.479 e. The summed E-state index contributed by atoms with van der Waals surface area (Å²) in [7, 11) is 0. The zero-order valence-electron chi connectivity index (χ0n) is 28.0. The van der Waals surface area contributed by atoms with Gasteiger partial charge in [-0.2, -0.15) is 0 Å². The number of rotatable bonds is 10. The molecule has 0 aliphatic carbocycles. The lowest BCUT2D eigenvalue weighted by atomic mass is 9.81. The summed E-state index contributed by atoms with van der Waals surface area (Å²) < 4.78 is 32.1. The van der Waals surface area contributed by atoms with Gasteiger partial charge in [-0.15, -0.1) is 0 Å². The van der Waals surface area contributed by atoms with Gasteiger partial charge in [-0.1, -0.05) is 15.9 Å². The number of carbonyl (C=O) groups is 4. The van der Waals surface area contributed by atoms with E-state index in [2.05, 4.69) is 26.6 Å². The molecule has 274 valence electrons. The van der Waals surface area contributed by atoms with Gasteiger partial charge in [0.25, 0.3) is 5.91 Å². The number of nitrogens with one attached hydrogen (secondary N) is 2. The second-order valence-corrected chi connectivity index (χ2v) is 14.9. The van der Waals surface area contributed by atoms with Crippen LogP contribution in [0.15, 0.2) is 22.7 Å². The zero-order valence-corrected chi connectivity index (χ0v) is 29.6. The molecule has 3 aliphatic heterocycles. The van der Waals surface area contributed by atoms with Crippen LogP contribution >= 0.6 is 15.9 Å². The van der Waals surface area contributed by atoms with Crippen molar-refractivity contribution in [3.63, 3.8) is 0 Å². The highest BCUT2D eigenvalue weighted by molar-refractivity contribution is 9.10. The number of aliphatic hydroxyl groups is 3. The summed E-state index contributed by atoms with van der Waals surface area (Å²) in [4.78, 5) is 54.0. The van der Waals surface area contributed by atoms with Crippen molar-refractivity contribution in [2.45, 2.75) is 94.2 Å². The Balaban J connectivity index is 1.51. The molecule has 0 unspecified atom stereocenters. The van der Waals surface area contributed by atoms with Gasteiger partial charge in [0.2, 0.25) is 5.91 Å². The first-order valence-corrected chi connectivity index (χ1v) is 16.9. The number of hydrogen-bond donors (Lipinski definition) is 6. The minimum absolute atomic E-state index is 0.148. The van der Waals surface area contributed by atoms with Crippen molar-refractivity contribution in [3.8, 4) is 0 Å². The van der Waals surface area contributed by atoms with Crippen molar-refractivity contribution in [3.05, 3.63) is 34.1 Å². The molecular weight excluding hydrogens is 715 g/mol. The summed E-state index contributed by atoms with van der Waals surface area (Å²) in [6.07, 6.45) is -7.38. The van der Waals surface area contributed by atoms with Crippen LogP contribution in [0, 0.1) is 5.82 Å². The Bertz CT molecular complexity index is 1400. The van der Waals surface area contributed by atoms with Crippen molar-refractivity contribution in [2.24, 2.45) is 0 Å². The van der Waals surface area contributed by atoms with Gasteiger partial charge in [-0.3, -0.25) is 14.5 Å². The van der Waals surface area contributed by atoms with E-state index >= 15 is 0 Å². The third kappa shape index (κ3) is 9.25. The quantitative estimate of drug-likeness (QED) is 0.194. The van der Waals surface area contributed by atoms with Crippen LogP contribution in [0.4, 0.5) is 9.18 Å². The lowest BCUT2D eigenvalue weighted by molar-refractivity contribution is -0.231. The maximum atomic E-state index is 14.2. The molecule has 3 fully saturated rings. The fourth-order valence-corrected chi connectivity index (χ4v) is 6.98. The summed E-state index contributed by atoms with van der Waals surface area (Å²) in [6.45, 7) is 7.83. The monoisotopic (exact) mass is 760 g/mol. The van der Waals surface area contributed by atoms with Gasteiger partial charge in [0.15, 0.2) is 5.60 Å². The number of aliphatic carboxylic acids is 1. The van der Waals surface area contributed by atoms with E-state index in [0.717, 1.165) is 6.07 Å². The maximum Gasteiger partial charge on any atom is 0.410 e. The van der Waals surface area contributed by atoms with Crippen molar-refractivity contribution in [1.82, 2.24) is 20.4 Å².